The lowest BCUT2D eigenvalue weighted by Gasteiger charge is -2.19. The number of anilines is 3. The van der Waals surface area contributed by atoms with Gasteiger partial charge >= 0.3 is 0 Å². The zero-order valence-corrected chi connectivity index (χ0v) is 12.8. The quantitative estimate of drug-likeness (QED) is 0.852. The number of nitrogen functional groups attached to an aromatic ring is 1. The number of carbonyl (C=O) groups excluding carboxylic acids is 1. The van der Waals surface area contributed by atoms with Crippen LogP contribution >= 0.6 is 11.6 Å². The maximum atomic E-state index is 12.0. The van der Waals surface area contributed by atoms with E-state index < -0.39 is 0 Å². The second-order valence-corrected chi connectivity index (χ2v) is 5.38. The number of hydrogen-bond acceptors (Lipinski definition) is 3. The van der Waals surface area contributed by atoms with Crippen LogP contribution in [0.3, 0.4) is 0 Å². The molecule has 0 bridgehead atoms. The molecule has 0 aliphatic carbocycles. The lowest BCUT2D eigenvalue weighted by atomic mass is 10.2. The lowest BCUT2D eigenvalue weighted by molar-refractivity contribution is -0.114. The fourth-order valence-electron chi connectivity index (χ4n) is 1.93. The van der Waals surface area contributed by atoms with Crippen LogP contribution in [-0.4, -0.2) is 19.5 Å². The Morgan fingerprint density at radius 3 is 2.52 bits per heavy atom. The fourth-order valence-corrected chi connectivity index (χ4v) is 2.05. The first-order chi connectivity index (χ1) is 9.95. The Bertz CT molecular complexity index is 640. The molecule has 2 aromatic carbocycles. The number of hydrogen-bond donors (Lipinski definition) is 2. The molecule has 0 saturated carbocycles. The predicted octanol–water partition coefficient (Wildman–Crippen LogP) is 3.31. The molecule has 0 aliphatic heterocycles. The zero-order valence-electron chi connectivity index (χ0n) is 12.1. The molecular formula is C16H18ClN3O. The average Bonchev–Trinajstić information content (AvgIpc) is 2.43. The summed E-state index contributed by atoms with van der Waals surface area (Å²) in [6.07, 6.45) is 0. The van der Waals surface area contributed by atoms with Crippen molar-refractivity contribution in [3.05, 3.63) is 53.1 Å². The molecule has 1 amide bonds. The minimum Gasteiger partial charge on any atom is -0.397 e. The molecule has 0 saturated heterocycles. The molecule has 0 radical (unpaired) electrons. The van der Waals surface area contributed by atoms with Gasteiger partial charge in [0.1, 0.15) is 0 Å². The third kappa shape index (κ3) is 4.13. The van der Waals surface area contributed by atoms with Crippen molar-refractivity contribution < 1.29 is 4.79 Å². The number of nitrogens with two attached hydrogens (primary N) is 1. The maximum absolute atomic E-state index is 12.0. The van der Waals surface area contributed by atoms with Crippen molar-refractivity contribution in [3.8, 4) is 0 Å². The van der Waals surface area contributed by atoms with Gasteiger partial charge < -0.3 is 16.0 Å². The van der Waals surface area contributed by atoms with Gasteiger partial charge in [0.2, 0.25) is 5.91 Å². The van der Waals surface area contributed by atoms with Crippen LogP contribution in [0.1, 0.15) is 5.56 Å². The summed E-state index contributed by atoms with van der Waals surface area (Å²) < 4.78 is 0. The van der Waals surface area contributed by atoms with Gasteiger partial charge in [-0.2, -0.15) is 0 Å². The van der Waals surface area contributed by atoms with Crippen molar-refractivity contribution in [2.24, 2.45) is 0 Å². The molecule has 2 rings (SSSR count). The van der Waals surface area contributed by atoms with Crippen molar-refractivity contribution in [3.63, 3.8) is 0 Å². The van der Waals surface area contributed by atoms with E-state index in [1.807, 2.05) is 43.1 Å². The highest BCUT2D eigenvalue weighted by molar-refractivity contribution is 6.33. The third-order valence-corrected chi connectivity index (χ3v) is 3.48. The molecule has 0 aromatic heterocycles. The van der Waals surface area contributed by atoms with Crippen molar-refractivity contribution >= 4 is 34.6 Å². The monoisotopic (exact) mass is 303 g/mol. The number of rotatable bonds is 4. The topological polar surface area (TPSA) is 58.4 Å². The Hall–Kier alpha value is -2.20. The number of aryl methyl sites for hydroxylation is 1. The van der Waals surface area contributed by atoms with E-state index in [4.69, 9.17) is 17.3 Å². The second kappa shape index (κ2) is 6.50. The molecule has 0 atom stereocenters. The number of amides is 1. The largest absolute Gasteiger partial charge is 0.397 e. The molecule has 0 spiro atoms. The van der Waals surface area contributed by atoms with Crippen LogP contribution < -0.4 is 16.0 Å². The fraction of sp³-hybridized carbons (Fsp3) is 0.188. The van der Waals surface area contributed by atoms with Gasteiger partial charge in [0, 0.05) is 18.4 Å². The first-order valence-electron chi connectivity index (χ1n) is 6.58. The zero-order chi connectivity index (χ0) is 15.4. The molecule has 2 aromatic rings. The second-order valence-electron chi connectivity index (χ2n) is 4.98. The molecule has 0 fully saturated rings. The van der Waals surface area contributed by atoms with Crippen molar-refractivity contribution in [1.29, 1.82) is 0 Å². The van der Waals surface area contributed by atoms with E-state index in [9.17, 15) is 4.79 Å². The highest BCUT2D eigenvalue weighted by atomic mass is 35.5. The smallest absolute Gasteiger partial charge is 0.243 e. The van der Waals surface area contributed by atoms with E-state index in [1.165, 1.54) is 5.56 Å². The normalized spacial score (nSPS) is 10.2. The van der Waals surface area contributed by atoms with E-state index >= 15 is 0 Å². The third-order valence-electron chi connectivity index (χ3n) is 3.14. The highest BCUT2D eigenvalue weighted by Crippen LogP contribution is 2.22. The molecule has 0 heterocycles. The van der Waals surface area contributed by atoms with E-state index in [0.29, 0.717) is 16.4 Å². The summed E-state index contributed by atoms with van der Waals surface area (Å²) in [5.74, 6) is -0.111. The molecule has 21 heavy (non-hydrogen) atoms. The molecular weight excluding hydrogens is 286 g/mol. The van der Waals surface area contributed by atoms with Gasteiger partial charge in [0.05, 0.1) is 17.3 Å². The molecule has 0 unspecified atom stereocenters. The van der Waals surface area contributed by atoms with Crippen molar-refractivity contribution in [2.75, 3.05) is 29.5 Å². The van der Waals surface area contributed by atoms with E-state index in [-0.39, 0.29) is 12.5 Å². The number of likely N-dealkylation sites (N-methyl/N-ethyl adjacent to an activating group) is 1. The Morgan fingerprint density at radius 1 is 1.24 bits per heavy atom. The Balaban J connectivity index is 1.97. The number of benzene rings is 2. The van der Waals surface area contributed by atoms with Crippen LogP contribution in [-0.2, 0) is 4.79 Å². The van der Waals surface area contributed by atoms with Crippen LogP contribution in [0.5, 0.6) is 0 Å². The summed E-state index contributed by atoms with van der Waals surface area (Å²) >= 11 is 5.85. The predicted molar refractivity (Wildman–Crippen MR) is 88.9 cm³/mol. The number of carbonyl (C=O) groups is 1. The van der Waals surface area contributed by atoms with Gasteiger partial charge in [-0.1, -0.05) is 29.3 Å². The SMILES string of the molecule is Cc1ccc(N(C)CC(=O)Nc2ccc(Cl)c(N)c2)cc1. The molecule has 4 nitrogen and oxygen atoms in total. The highest BCUT2D eigenvalue weighted by Gasteiger charge is 2.08. The molecule has 110 valence electrons. The standard InChI is InChI=1S/C16H18ClN3O/c1-11-3-6-13(7-4-11)20(2)10-16(21)19-12-5-8-14(17)15(18)9-12/h3-9H,10,18H2,1-2H3,(H,19,21). The van der Waals surface area contributed by atoms with Crippen LogP contribution in [0.25, 0.3) is 0 Å². The molecule has 3 N–H and O–H groups in total. The van der Waals surface area contributed by atoms with Crippen LogP contribution in [0.4, 0.5) is 17.1 Å². The minimum atomic E-state index is -0.111. The molecule has 5 heteroatoms. The summed E-state index contributed by atoms with van der Waals surface area (Å²) in [6, 6.07) is 13.0. The van der Waals surface area contributed by atoms with Crippen LogP contribution in [0.2, 0.25) is 5.02 Å². The summed E-state index contributed by atoms with van der Waals surface area (Å²) in [4.78, 5) is 13.9. The van der Waals surface area contributed by atoms with Crippen LogP contribution in [0.15, 0.2) is 42.5 Å². The van der Waals surface area contributed by atoms with Gasteiger partial charge in [-0.05, 0) is 37.3 Å². The summed E-state index contributed by atoms with van der Waals surface area (Å²) in [6.45, 7) is 2.28. The molecule has 0 aliphatic rings. The number of nitrogens with one attached hydrogen (secondary N) is 1. The van der Waals surface area contributed by atoms with Gasteiger partial charge in [-0.3, -0.25) is 4.79 Å². The van der Waals surface area contributed by atoms with Crippen molar-refractivity contribution in [1.82, 2.24) is 0 Å². The van der Waals surface area contributed by atoms with Gasteiger partial charge in [0.25, 0.3) is 0 Å². The first-order valence-corrected chi connectivity index (χ1v) is 6.96. The first kappa shape index (κ1) is 15.2. The van der Waals surface area contributed by atoms with E-state index in [1.54, 1.807) is 18.2 Å². The van der Waals surface area contributed by atoms with Gasteiger partial charge in [-0.25, -0.2) is 0 Å². The summed E-state index contributed by atoms with van der Waals surface area (Å²) in [5.41, 5.74) is 8.97. The van der Waals surface area contributed by atoms with E-state index in [0.717, 1.165) is 5.69 Å². The van der Waals surface area contributed by atoms with Gasteiger partial charge in [0.15, 0.2) is 0 Å². The Kier molecular flexibility index (Phi) is 4.70. The van der Waals surface area contributed by atoms with Crippen LogP contribution in [0, 0.1) is 6.92 Å². The van der Waals surface area contributed by atoms with Crippen molar-refractivity contribution in [2.45, 2.75) is 6.92 Å². The number of halogens is 1. The summed E-state index contributed by atoms with van der Waals surface area (Å²) in [5, 5.41) is 3.28. The Morgan fingerprint density at radius 2 is 1.90 bits per heavy atom. The maximum Gasteiger partial charge on any atom is 0.243 e. The minimum absolute atomic E-state index is 0.111. The summed E-state index contributed by atoms with van der Waals surface area (Å²) in [7, 11) is 1.88. The number of nitrogens with zero attached hydrogens (tertiary/aromatic N) is 1. The van der Waals surface area contributed by atoms with E-state index in [2.05, 4.69) is 5.32 Å². The van der Waals surface area contributed by atoms with Gasteiger partial charge in [-0.15, -0.1) is 0 Å². The average molecular weight is 304 g/mol. The Labute approximate surface area is 129 Å². The lowest BCUT2D eigenvalue weighted by Crippen LogP contribution is -2.30.